The van der Waals surface area contributed by atoms with Gasteiger partial charge >= 0.3 is 0 Å². The molecule has 0 spiro atoms. The van der Waals surface area contributed by atoms with Crippen molar-refractivity contribution in [2.75, 3.05) is 7.05 Å². The van der Waals surface area contributed by atoms with Crippen molar-refractivity contribution < 1.29 is 0 Å². The number of nitrogens with one attached hydrogen (secondary N) is 1. The second-order valence-corrected chi connectivity index (χ2v) is 5.54. The SMILES string of the molecule is CNC(c1ccc2ccccc2c1)c1c(C)nn(C)c1C. The van der Waals surface area contributed by atoms with Crippen LogP contribution in [0.25, 0.3) is 10.8 Å². The lowest BCUT2D eigenvalue weighted by atomic mass is 9.95. The lowest BCUT2D eigenvalue weighted by Gasteiger charge is -2.18. The molecule has 0 fully saturated rings. The third-order valence-corrected chi connectivity index (χ3v) is 4.25. The van der Waals surface area contributed by atoms with Crippen LogP contribution in [0.3, 0.4) is 0 Å². The van der Waals surface area contributed by atoms with Crippen molar-refractivity contribution in [2.24, 2.45) is 7.05 Å². The molecule has 108 valence electrons. The van der Waals surface area contributed by atoms with E-state index in [1.54, 1.807) is 0 Å². The molecule has 1 aromatic heterocycles. The van der Waals surface area contributed by atoms with Gasteiger partial charge in [-0.1, -0.05) is 36.4 Å². The first-order chi connectivity index (χ1) is 10.1. The molecule has 1 atom stereocenters. The zero-order valence-corrected chi connectivity index (χ0v) is 13.0. The predicted octanol–water partition coefficient (Wildman–Crippen LogP) is 3.50. The highest BCUT2D eigenvalue weighted by Gasteiger charge is 2.20. The Balaban J connectivity index is 2.13. The van der Waals surface area contributed by atoms with Crippen molar-refractivity contribution in [3.05, 3.63) is 65.0 Å². The molecule has 3 rings (SSSR count). The van der Waals surface area contributed by atoms with Crippen LogP contribution in [-0.4, -0.2) is 16.8 Å². The Morgan fingerprint density at radius 2 is 1.76 bits per heavy atom. The summed E-state index contributed by atoms with van der Waals surface area (Å²) in [7, 11) is 4.00. The molecule has 2 aromatic carbocycles. The first-order valence-corrected chi connectivity index (χ1v) is 7.28. The van der Waals surface area contributed by atoms with Gasteiger partial charge in [0.25, 0.3) is 0 Å². The Hall–Kier alpha value is -2.13. The van der Waals surface area contributed by atoms with Gasteiger partial charge in [0.1, 0.15) is 0 Å². The molecule has 3 aromatic rings. The maximum absolute atomic E-state index is 4.54. The third-order valence-electron chi connectivity index (χ3n) is 4.25. The Bertz CT molecular complexity index is 786. The van der Waals surface area contributed by atoms with E-state index in [-0.39, 0.29) is 6.04 Å². The fourth-order valence-electron chi connectivity index (χ4n) is 3.07. The summed E-state index contributed by atoms with van der Waals surface area (Å²) in [4.78, 5) is 0. The minimum absolute atomic E-state index is 0.170. The average molecular weight is 279 g/mol. The zero-order valence-electron chi connectivity index (χ0n) is 13.0. The van der Waals surface area contributed by atoms with Crippen LogP contribution in [0.5, 0.6) is 0 Å². The van der Waals surface area contributed by atoms with Gasteiger partial charge < -0.3 is 5.32 Å². The maximum Gasteiger partial charge on any atom is 0.0647 e. The van der Waals surface area contributed by atoms with Gasteiger partial charge in [0.15, 0.2) is 0 Å². The Morgan fingerprint density at radius 1 is 1.05 bits per heavy atom. The number of aryl methyl sites for hydroxylation is 2. The van der Waals surface area contributed by atoms with Crippen LogP contribution in [0.15, 0.2) is 42.5 Å². The number of benzene rings is 2. The van der Waals surface area contributed by atoms with E-state index in [2.05, 4.69) is 66.7 Å². The molecule has 3 heteroatoms. The largest absolute Gasteiger partial charge is 0.309 e. The fraction of sp³-hybridized carbons (Fsp3) is 0.278. The molecule has 3 nitrogen and oxygen atoms in total. The summed E-state index contributed by atoms with van der Waals surface area (Å²) >= 11 is 0. The second-order valence-electron chi connectivity index (χ2n) is 5.54. The van der Waals surface area contributed by atoms with Crippen molar-refractivity contribution in [1.82, 2.24) is 15.1 Å². The van der Waals surface area contributed by atoms with Gasteiger partial charge in [-0.3, -0.25) is 4.68 Å². The minimum atomic E-state index is 0.170. The van der Waals surface area contributed by atoms with Gasteiger partial charge in [0.2, 0.25) is 0 Å². The lowest BCUT2D eigenvalue weighted by molar-refractivity contribution is 0.679. The third kappa shape index (κ3) is 2.34. The average Bonchev–Trinajstić information content (AvgIpc) is 2.74. The molecule has 1 unspecified atom stereocenters. The monoisotopic (exact) mass is 279 g/mol. The van der Waals surface area contributed by atoms with E-state index in [1.807, 2.05) is 18.8 Å². The van der Waals surface area contributed by atoms with Crippen LogP contribution >= 0.6 is 0 Å². The summed E-state index contributed by atoms with van der Waals surface area (Å²) in [5.74, 6) is 0. The first-order valence-electron chi connectivity index (χ1n) is 7.28. The van der Waals surface area contributed by atoms with Crippen molar-refractivity contribution in [3.8, 4) is 0 Å². The number of rotatable bonds is 3. The van der Waals surface area contributed by atoms with Gasteiger partial charge in [-0.25, -0.2) is 0 Å². The predicted molar refractivity (Wildman–Crippen MR) is 87.5 cm³/mol. The van der Waals surface area contributed by atoms with Crippen molar-refractivity contribution in [3.63, 3.8) is 0 Å². The summed E-state index contributed by atoms with van der Waals surface area (Å²) < 4.78 is 1.95. The van der Waals surface area contributed by atoms with Crippen LogP contribution in [0.1, 0.15) is 28.6 Å². The smallest absolute Gasteiger partial charge is 0.0647 e. The van der Waals surface area contributed by atoms with Gasteiger partial charge in [-0.2, -0.15) is 5.10 Å². The maximum atomic E-state index is 4.54. The minimum Gasteiger partial charge on any atom is -0.309 e. The lowest BCUT2D eigenvalue weighted by Crippen LogP contribution is -2.19. The normalized spacial score (nSPS) is 12.8. The highest BCUT2D eigenvalue weighted by atomic mass is 15.3. The van der Waals surface area contributed by atoms with E-state index in [0.29, 0.717) is 0 Å². The van der Waals surface area contributed by atoms with Gasteiger partial charge in [-0.15, -0.1) is 0 Å². The van der Waals surface area contributed by atoms with Crippen molar-refractivity contribution in [1.29, 1.82) is 0 Å². The van der Waals surface area contributed by atoms with Crippen molar-refractivity contribution in [2.45, 2.75) is 19.9 Å². The zero-order chi connectivity index (χ0) is 15.0. The number of aromatic nitrogens is 2. The van der Waals surface area contributed by atoms with E-state index in [0.717, 1.165) is 5.69 Å². The highest BCUT2D eigenvalue weighted by Crippen LogP contribution is 2.29. The molecule has 0 saturated carbocycles. The van der Waals surface area contributed by atoms with Crippen LogP contribution < -0.4 is 5.32 Å². The molecule has 1 N–H and O–H groups in total. The summed E-state index contributed by atoms with van der Waals surface area (Å²) in [6.07, 6.45) is 0. The van der Waals surface area contributed by atoms with Crippen LogP contribution in [0.2, 0.25) is 0 Å². The van der Waals surface area contributed by atoms with E-state index < -0.39 is 0 Å². The summed E-state index contributed by atoms with van der Waals surface area (Å²) in [6, 6.07) is 15.3. The van der Waals surface area contributed by atoms with Crippen LogP contribution in [-0.2, 0) is 7.05 Å². The standard InChI is InChI=1S/C18H21N3/c1-12-17(13(2)21(4)20-12)18(19-3)16-10-9-14-7-5-6-8-15(14)11-16/h5-11,18-19H,1-4H3. The topological polar surface area (TPSA) is 29.9 Å². The number of hydrogen-bond donors (Lipinski definition) is 1. The molecule has 0 amide bonds. The molecule has 1 heterocycles. The van der Waals surface area contributed by atoms with Crippen molar-refractivity contribution >= 4 is 10.8 Å². The fourth-order valence-corrected chi connectivity index (χ4v) is 3.07. The number of hydrogen-bond acceptors (Lipinski definition) is 2. The molecule has 0 saturated heterocycles. The Kier molecular flexibility index (Phi) is 3.52. The summed E-state index contributed by atoms with van der Waals surface area (Å²) in [5, 5.41) is 10.5. The second kappa shape index (κ2) is 5.34. The van der Waals surface area contributed by atoms with E-state index in [4.69, 9.17) is 0 Å². The molecule has 0 aliphatic rings. The summed E-state index contributed by atoms with van der Waals surface area (Å²) in [6.45, 7) is 4.20. The molecule has 21 heavy (non-hydrogen) atoms. The molecule has 0 aliphatic heterocycles. The molecule has 0 bridgehead atoms. The quantitative estimate of drug-likeness (QED) is 0.795. The highest BCUT2D eigenvalue weighted by molar-refractivity contribution is 5.83. The molecule has 0 radical (unpaired) electrons. The van der Waals surface area contributed by atoms with E-state index in [9.17, 15) is 0 Å². The van der Waals surface area contributed by atoms with Gasteiger partial charge in [0, 0.05) is 18.3 Å². The molecular formula is C18H21N3. The summed E-state index contributed by atoms with van der Waals surface area (Å²) in [5.41, 5.74) is 4.84. The van der Waals surface area contributed by atoms with Crippen LogP contribution in [0, 0.1) is 13.8 Å². The molecule has 0 aliphatic carbocycles. The van der Waals surface area contributed by atoms with Gasteiger partial charge in [-0.05, 0) is 43.3 Å². The Labute approximate surface area is 125 Å². The number of fused-ring (bicyclic) bond motifs is 1. The molecular weight excluding hydrogens is 258 g/mol. The van der Waals surface area contributed by atoms with E-state index in [1.165, 1.54) is 27.6 Å². The van der Waals surface area contributed by atoms with Gasteiger partial charge in [0.05, 0.1) is 11.7 Å². The first kappa shape index (κ1) is 13.8. The van der Waals surface area contributed by atoms with Crippen LogP contribution in [0.4, 0.5) is 0 Å². The van der Waals surface area contributed by atoms with E-state index >= 15 is 0 Å². The number of nitrogens with zero attached hydrogens (tertiary/aromatic N) is 2. The Morgan fingerprint density at radius 3 is 2.38 bits per heavy atom.